The number of nitrogens with zero attached hydrogens (tertiary/aromatic N) is 2. The molecule has 0 spiro atoms. The van der Waals surface area contributed by atoms with Gasteiger partial charge in [-0.3, -0.25) is 9.66 Å². The van der Waals surface area contributed by atoms with Gasteiger partial charge in [-0.15, -0.1) is 0 Å². The van der Waals surface area contributed by atoms with Crippen LogP contribution in [-0.4, -0.2) is 22.7 Å². The standard InChI is InChI=1S/C12H12ClN3O2/c1-18-12(17)11-5-10(13)8-16(11)15-7-9-3-2-4-14-6-9/h2-6,8,15H,7H2,1H3. The molecular weight excluding hydrogens is 254 g/mol. The molecule has 0 aliphatic carbocycles. The lowest BCUT2D eigenvalue weighted by Crippen LogP contribution is -2.19. The fourth-order valence-electron chi connectivity index (χ4n) is 1.50. The Labute approximate surface area is 109 Å². The zero-order valence-electron chi connectivity index (χ0n) is 9.76. The molecule has 6 heteroatoms. The van der Waals surface area contributed by atoms with Crippen molar-refractivity contribution in [2.24, 2.45) is 0 Å². The molecule has 0 aliphatic heterocycles. The highest BCUT2D eigenvalue weighted by atomic mass is 35.5. The number of pyridine rings is 1. The quantitative estimate of drug-likeness (QED) is 0.860. The maximum absolute atomic E-state index is 11.5. The molecule has 0 amide bonds. The van der Waals surface area contributed by atoms with Gasteiger partial charge >= 0.3 is 5.97 Å². The molecule has 0 radical (unpaired) electrons. The highest BCUT2D eigenvalue weighted by Crippen LogP contribution is 2.14. The van der Waals surface area contributed by atoms with Crippen molar-refractivity contribution in [3.05, 3.63) is 53.1 Å². The topological polar surface area (TPSA) is 56.1 Å². The van der Waals surface area contributed by atoms with E-state index in [4.69, 9.17) is 11.6 Å². The van der Waals surface area contributed by atoms with Gasteiger partial charge < -0.3 is 10.2 Å². The SMILES string of the molecule is COC(=O)c1cc(Cl)cn1NCc1cccnc1. The summed E-state index contributed by atoms with van der Waals surface area (Å²) in [5.41, 5.74) is 4.41. The summed E-state index contributed by atoms with van der Waals surface area (Å²) in [4.78, 5) is 15.5. The van der Waals surface area contributed by atoms with Gasteiger partial charge in [0.25, 0.3) is 0 Å². The van der Waals surface area contributed by atoms with Gasteiger partial charge in [-0.2, -0.15) is 0 Å². The number of halogens is 1. The Morgan fingerprint density at radius 2 is 2.44 bits per heavy atom. The Balaban J connectivity index is 2.12. The maximum Gasteiger partial charge on any atom is 0.356 e. The van der Waals surface area contributed by atoms with E-state index in [1.54, 1.807) is 29.3 Å². The lowest BCUT2D eigenvalue weighted by atomic mass is 10.3. The molecule has 0 aromatic carbocycles. The molecule has 0 atom stereocenters. The number of hydrogen-bond donors (Lipinski definition) is 1. The van der Waals surface area contributed by atoms with Gasteiger partial charge in [-0.25, -0.2) is 4.79 Å². The van der Waals surface area contributed by atoms with E-state index in [2.05, 4.69) is 15.1 Å². The molecule has 0 aliphatic rings. The number of carbonyl (C=O) groups is 1. The molecule has 18 heavy (non-hydrogen) atoms. The first-order chi connectivity index (χ1) is 8.70. The average molecular weight is 266 g/mol. The van der Waals surface area contributed by atoms with Crippen molar-refractivity contribution in [2.45, 2.75) is 6.54 Å². The Kier molecular flexibility index (Phi) is 3.84. The van der Waals surface area contributed by atoms with Gasteiger partial charge in [-0.1, -0.05) is 17.7 Å². The van der Waals surface area contributed by atoms with Crippen molar-refractivity contribution in [1.29, 1.82) is 0 Å². The average Bonchev–Trinajstić information content (AvgIpc) is 2.78. The van der Waals surface area contributed by atoms with Gasteiger partial charge in [-0.05, 0) is 17.7 Å². The highest BCUT2D eigenvalue weighted by molar-refractivity contribution is 6.31. The minimum atomic E-state index is -0.444. The molecule has 0 fully saturated rings. The van der Waals surface area contributed by atoms with Crippen molar-refractivity contribution in [2.75, 3.05) is 12.5 Å². The van der Waals surface area contributed by atoms with E-state index in [1.807, 2.05) is 12.1 Å². The first-order valence-corrected chi connectivity index (χ1v) is 5.67. The predicted octanol–water partition coefficient (Wildman–Crippen LogP) is 2.07. The summed E-state index contributed by atoms with van der Waals surface area (Å²) < 4.78 is 6.21. The van der Waals surface area contributed by atoms with Crippen LogP contribution < -0.4 is 5.43 Å². The van der Waals surface area contributed by atoms with Crippen LogP contribution in [0.15, 0.2) is 36.8 Å². The Morgan fingerprint density at radius 1 is 1.61 bits per heavy atom. The summed E-state index contributed by atoms with van der Waals surface area (Å²) in [6.45, 7) is 0.531. The van der Waals surface area contributed by atoms with Crippen molar-refractivity contribution in [3.8, 4) is 0 Å². The number of rotatable bonds is 4. The van der Waals surface area contributed by atoms with Gasteiger partial charge in [0.15, 0.2) is 0 Å². The number of methoxy groups -OCH3 is 1. The van der Waals surface area contributed by atoms with Crippen LogP contribution in [0.1, 0.15) is 16.1 Å². The van der Waals surface area contributed by atoms with Crippen molar-refractivity contribution < 1.29 is 9.53 Å². The number of aromatic nitrogens is 2. The summed E-state index contributed by atoms with van der Waals surface area (Å²) in [5, 5.41) is 0.467. The minimum absolute atomic E-state index is 0.353. The molecule has 2 aromatic heterocycles. The lowest BCUT2D eigenvalue weighted by molar-refractivity contribution is 0.0590. The van der Waals surface area contributed by atoms with Crippen LogP contribution in [-0.2, 0) is 11.3 Å². The summed E-state index contributed by atoms with van der Waals surface area (Å²) >= 11 is 5.87. The predicted molar refractivity (Wildman–Crippen MR) is 68.1 cm³/mol. The summed E-state index contributed by atoms with van der Waals surface area (Å²) in [7, 11) is 1.33. The van der Waals surface area contributed by atoms with Crippen LogP contribution in [0.3, 0.4) is 0 Å². The Bertz CT molecular complexity index is 540. The molecule has 1 N–H and O–H groups in total. The zero-order valence-corrected chi connectivity index (χ0v) is 10.5. The molecular formula is C12H12ClN3O2. The molecule has 94 valence electrons. The third-order valence-electron chi connectivity index (χ3n) is 2.36. The summed E-state index contributed by atoms with van der Waals surface area (Å²) in [6.07, 6.45) is 5.07. The number of hydrogen-bond acceptors (Lipinski definition) is 4. The van der Waals surface area contributed by atoms with Crippen molar-refractivity contribution in [1.82, 2.24) is 9.66 Å². The normalized spacial score (nSPS) is 10.1. The van der Waals surface area contributed by atoms with Gasteiger partial charge in [0, 0.05) is 18.6 Å². The van der Waals surface area contributed by atoms with Crippen LogP contribution in [0.5, 0.6) is 0 Å². The second-order valence-corrected chi connectivity index (χ2v) is 4.04. The number of nitrogens with one attached hydrogen (secondary N) is 1. The summed E-state index contributed by atoms with van der Waals surface area (Å²) in [6, 6.07) is 5.33. The maximum atomic E-state index is 11.5. The largest absolute Gasteiger partial charge is 0.464 e. The molecule has 0 bridgehead atoms. The van der Waals surface area contributed by atoms with Crippen LogP contribution >= 0.6 is 11.6 Å². The smallest absolute Gasteiger partial charge is 0.356 e. The number of esters is 1. The fourth-order valence-corrected chi connectivity index (χ4v) is 1.70. The van der Waals surface area contributed by atoms with E-state index in [0.717, 1.165) is 5.56 Å². The number of ether oxygens (including phenoxy) is 1. The molecule has 0 saturated heterocycles. The molecule has 2 aromatic rings. The van der Waals surface area contributed by atoms with E-state index in [9.17, 15) is 4.79 Å². The molecule has 0 unspecified atom stereocenters. The molecule has 2 rings (SSSR count). The molecule has 0 saturated carbocycles. The van der Waals surface area contributed by atoms with E-state index >= 15 is 0 Å². The Morgan fingerprint density at radius 3 is 3.11 bits per heavy atom. The van der Waals surface area contributed by atoms with Gasteiger partial charge in [0.05, 0.1) is 18.7 Å². The zero-order chi connectivity index (χ0) is 13.0. The van der Waals surface area contributed by atoms with Gasteiger partial charge in [0.2, 0.25) is 0 Å². The van der Waals surface area contributed by atoms with Crippen LogP contribution in [0.2, 0.25) is 5.02 Å². The van der Waals surface area contributed by atoms with E-state index in [0.29, 0.717) is 17.3 Å². The third-order valence-corrected chi connectivity index (χ3v) is 2.56. The van der Waals surface area contributed by atoms with Crippen molar-refractivity contribution >= 4 is 17.6 Å². The minimum Gasteiger partial charge on any atom is -0.464 e. The fraction of sp³-hybridized carbons (Fsp3) is 0.167. The van der Waals surface area contributed by atoms with Crippen LogP contribution in [0, 0.1) is 0 Å². The van der Waals surface area contributed by atoms with E-state index in [-0.39, 0.29) is 0 Å². The van der Waals surface area contributed by atoms with Gasteiger partial charge in [0.1, 0.15) is 5.69 Å². The second kappa shape index (κ2) is 5.55. The first-order valence-electron chi connectivity index (χ1n) is 5.29. The third kappa shape index (κ3) is 2.81. The molecule has 2 heterocycles. The van der Waals surface area contributed by atoms with Crippen molar-refractivity contribution in [3.63, 3.8) is 0 Å². The monoisotopic (exact) mass is 265 g/mol. The Hall–Kier alpha value is -2.01. The van der Waals surface area contributed by atoms with E-state index in [1.165, 1.54) is 7.11 Å². The first kappa shape index (κ1) is 12.4. The van der Waals surface area contributed by atoms with Crippen LogP contribution in [0.4, 0.5) is 0 Å². The highest BCUT2D eigenvalue weighted by Gasteiger charge is 2.13. The lowest BCUT2D eigenvalue weighted by Gasteiger charge is -2.10. The second-order valence-electron chi connectivity index (χ2n) is 3.60. The molecule has 5 nitrogen and oxygen atoms in total. The number of carbonyl (C=O) groups excluding carboxylic acids is 1. The van der Waals surface area contributed by atoms with Crippen LogP contribution in [0.25, 0.3) is 0 Å². The van der Waals surface area contributed by atoms with E-state index < -0.39 is 5.97 Å². The summed E-state index contributed by atoms with van der Waals surface area (Å²) in [5.74, 6) is -0.444.